The molecule has 2 aliphatic rings. The Balaban J connectivity index is 1.63. The third-order valence-electron chi connectivity index (χ3n) is 6.52. The van der Waals surface area contributed by atoms with Crippen LogP contribution in [0.15, 0.2) is 29.3 Å². The first-order valence-corrected chi connectivity index (χ1v) is 11.0. The molecule has 2 N–H and O–H groups in total. The van der Waals surface area contributed by atoms with Gasteiger partial charge in [-0.15, -0.1) is 0 Å². The van der Waals surface area contributed by atoms with Crippen molar-refractivity contribution in [2.45, 2.75) is 63.3 Å². The highest BCUT2D eigenvalue weighted by Gasteiger charge is 2.34. The Morgan fingerprint density at radius 3 is 2.59 bits per heavy atom. The van der Waals surface area contributed by atoms with Gasteiger partial charge in [0.1, 0.15) is 5.75 Å². The fourth-order valence-corrected chi connectivity index (χ4v) is 4.71. The first-order valence-electron chi connectivity index (χ1n) is 11.0. The first kappa shape index (κ1) is 21.5. The van der Waals surface area contributed by atoms with Crippen LogP contribution in [-0.4, -0.2) is 56.6 Å². The van der Waals surface area contributed by atoms with Gasteiger partial charge >= 0.3 is 0 Å². The van der Waals surface area contributed by atoms with E-state index in [-0.39, 0.29) is 17.4 Å². The van der Waals surface area contributed by atoms with Gasteiger partial charge in [0.2, 0.25) is 5.91 Å². The number of benzene rings is 1. The summed E-state index contributed by atoms with van der Waals surface area (Å²) in [6, 6.07) is 8.83. The minimum absolute atomic E-state index is 0.127. The molecule has 1 unspecified atom stereocenters. The highest BCUT2D eigenvalue weighted by Crippen LogP contribution is 2.39. The molecule has 6 nitrogen and oxygen atoms in total. The van der Waals surface area contributed by atoms with Crippen LogP contribution in [0.5, 0.6) is 5.75 Å². The summed E-state index contributed by atoms with van der Waals surface area (Å²) in [5.74, 6) is 1.97. The van der Waals surface area contributed by atoms with Crippen LogP contribution in [-0.2, 0) is 10.2 Å². The number of hydrogen-bond acceptors (Lipinski definition) is 3. The van der Waals surface area contributed by atoms with Crippen molar-refractivity contribution in [2.24, 2.45) is 4.99 Å². The molecule has 1 amide bonds. The van der Waals surface area contributed by atoms with E-state index in [1.54, 1.807) is 7.11 Å². The third kappa shape index (κ3) is 5.22. The molecule has 29 heavy (non-hydrogen) atoms. The van der Waals surface area contributed by atoms with E-state index >= 15 is 0 Å². The van der Waals surface area contributed by atoms with E-state index in [0.717, 1.165) is 37.8 Å². The van der Waals surface area contributed by atoms with Crippen LogP contribution >= 0.6 is 0 Å². The van der Waals surface area contributed by atoms with Crippen molar-refractivity contribution >= 4 is 11.9 Å². The van der Waals surface area contributed by atoms with Crippen molar-refractivity contribution in [3.63, 3.8) is 0 Å². The van der Waals surface area contributed by atoms with Crippen molar-refractivity contribution in [2.75, 3.05) is 33.8 Å². The van der Waals surface area contributed by atoms with Crippen LogP contribution in [0.3, 0.4) is 0 Å². The molecule has 1 aromatic carbocycles. The zero-order chi connectivity index (χ0) is 20.7. The number of aliphatic imine (C=N–C) groups is 1. The smallest absolute Gasteiger partial charge is 0.222 e. The van der Waals surface area contributed by atoms with Crippen molar-refractivity contribution in [1.82, 2.24) is 15.5 Å². The summed E-state index contributed by atoms with van der Waals surface area (Å²) in [5.41, 5.74) is 1.50. The molecule has 1 aliphatic heterocycles. The lowest BCUT2D eigenvalue weighted by Crippen LogP contribution is -2.49. The Morgan fingerprint density at radius 1 is 1.24 bits per heavy atom. The number of carbonyl (C=O) groups is 1. The maximum absolute atomic E-state index is 11.9. The second-order valence-corrected chi connectivity index (χ2v) is 8.32. The van der Waals surface area contributed by atoms with Crippen LogP contribution < -0.4 is 15.4 Å². The number of nitrogens with one attached hydrogen (secondary N) is 2. The largest absolute Gasteiger partial charge is 0.497 e. The van der Waals surface area contributed by atoms with E-state index in [9.17, 15) is 4.79 Å². The van der Waals surface area contributed by atoms with Gasteiger partial charge < -0.3 is 20.3 Å². The Labute approximate surface area is 175 Å². The van der Waals surface area contributed by atoms with Crippen molar-refractivity contribution in [1.29, 1.82) is 0 Å². The van der Waals surface area contributed by atoms with Gasteiger partial charge in [-0.25, -0.2) is 0 Å². The van der Waals surface area contributed by atoms with Gasteiger partial charge in [-0.1, -0.05) is 38.3 Å². The monoisotopic (exact) mass is 400 g/mol. The molecule has 1 saturated heterocycles. The molecule has 0 aromatic heterocycles. The van der Waals surface area contributed by atoms with Gasteiger partial charge in [-0.2, -0.15) is 0 Å². The van der Waals surface area contributed by atoms with Gasteiger partial charge in [-0.3, -0.25) is 9.79 Å². The summed E-state index contributed by atoms with van der Waals surface area (Å²) in [7, 11) is 3.53. The SMILES string of the molecule is CCC(=O)N1CCC(NC(=NC)NCC2(c3ccc(OC)cc3)CCCCC2)C1. The third-order valence-corrected chi connectivity index (χ3v) is 6.52. The predicted molar refractivity (Wildman–Crippen MR) is 118 cm³/mol. The van der Waals surface area contributed by atoms with Crippen LogP contribution in [0.1, 0.15) is 57.4 Å². The maximum atomic E-state index is 11.9. The number of nitrogens with zero attached hydrogens (tertiary/aromatic N) is 2. The van der Waals surface area contributed by atoms with Crippen molar-refractivity contribution in [3.05, 3.63) is 29.8 Å². The van der Waals surface area contributed by atoms with E-state index in [1.165, 1.54) is 37.7 Å². The number of hydrogen-bond donors (Lipinski definition) is 2. The average molecular weight is 401 g/mol. The Morgan fingerprint density at radius 2 is 1.97 bits per heavy atom. The van der Waals surface area contributed by atoms with E-state index in [1.807, 2.05) is 18.9 Å². The number of amides is 1. The molecule has 1 aromatic rings. The van der Waals surface area contributed by atoms with Crippen molar-refractivity contribution < 1.29 is 9.53 Å². The molecule has 6 heteroatoms. The van der Waals surface area contributed by atoms with E-state index < -0.39 is 0 Å². The van der Waals surface area contributed by atoms with Crippen molar-refractivity contribution in [3.8, 4) is 5.75 Å². The number of likely N-dealkylation sites (tertiary alicyclic amines) is 1. The quantitative estimate of drug-likeness (QED) is 0.569. The minimum Gasteiger partial charge on any atom is -0.497 e. The fraction of sp³-hybridized carbons (Fsp3) is 0.652. The summed E-state index contributed by atoms with van der Waals surface area (Å²) < 4.78 is 5.34. The highest BCUT2D eigenvalue weighted by molar-refractivity contribution is 5.80. The number of ether oxygens (including phenoxy) is 1. The number of guanidine groups is 1. The predicted octanol–water partition coefficient (Wildman–Crippen LogP) is 3.07. The molecule has 1 saturated carbocycles. The summed E-state index contributed by atoms with van der Waals surface area (Å²) in [6.07, 6.45) is 7.75. The van der Waals surface area contributed by atoms with E-state index in [4.69, 9.17) is 4.74 Å². The molecule has 2 fully saturated rings. The van der Waals surface area contributed by atoms with Crippen LogP contribution in [0.25, 0.3) is 0 Å². The fourth-order valence-electron chi connectivity index (χ4n) is 4.71. The average Bonchev–Trinajstić information content (AvgIpc) is 3.25. The molecule has 0 spiro atoms. The van der Waals surface area contributed by atoms with Crippen LogP contribution in [0.2, 0.25) is 0 Å². The van der Waals surface area contributed by atoms with Gasteiger partial charge in [0, 0.05) is 44.6 Å². The molecule has 1 aliphatic carbocycles. The molecule has 160 valence electrons. The zero-order valence-corrected chi connectivity index (χ0v) is 18.2. The maximum Gasteiger partial charge on any atom is 0.222 e. The summed E-state index contributed by atoms with van der Waals surface area (Å²) in [6.45, 7) is 4.38. The van der Waals surface area contributed by atoms with Gasteiger partial charge in [-0.05, 0) is 37.0 Å². The molecule has 0 radical (unpaired) electrons. The zero-order valence-electron chi connectivity index (χ0n) is 18.2. The molecular formula is C23H36N4O2. The van der Waals surface area contributed by atoms with Crippen LogP contribution in [0, 0.1) is 0 Å². The minimum atomic E-state index is 0.127. The summed E-state index contributed by atoms with van der Waals surface area (Å²) in [5, 5.41) is 7.12. The second kappa shape index (κ2) is 9.99. The Hall–Kier alpha value is -2.24. The Bertz CT molecular complexity index is 695. The normalized spacial score (nSPS) is 21.7. The lowest BCUT2D eigenvalue weighted by atomic mass is 9.69. The first-order chi connectivity index (χ1) is 14.1. The van der Waals surface area contributed by atoms with Gasteiger partial charge in [0.25, 0.3) is 0 Å². The highest BCUT2D eigenvalue weighted by atomic mass is 16.5. The van der Waals surface area contributed by atoms with Gasteiger partial charge in [0.15, 0.2) is 5.96 Å². The molecule has 0 bridgehead atoms. The topological polar surface area (TPSA) is 66.0 Å². The van der Waals surface area contributed by atoms with Gasteiger partial charge in [0.05, 0.1) is 7.11 Å². The lowest BCUT2D eigenvalue weighted by Gasteiger charge is -2.38. The lowest BCUT2D eigenvalue weighted by molar-refractivity contribution is -0.129. The number of methoxy groups -OCH3 is 1. The van der Waals surface area contributed by atoms with E-state index in [2.05, 4.69) is 39.9 Å². The number of carbonyl (C=O) groups excluding carboxylic acids is 1. The Kier molecular flexibility index (Phi) is 7.40. The van der Waals surface area contributed by atoms with Crippen LogP contribution in [0.4, 0.5) is 0 Å². The summed E-state index contributed by atoms with van der Waals surface area (Å²) >= 11 is 0. The molecule has 1 atom stereocenters. The van der Waals surface area contributed by atoms with E-state index in [0.29, 0.717) is 6.42 Å². The standard InChI is InChI=1S/C23H36N4O2/c1-4-21(28)27-15-12-19(16-27)26-22(24-2)25-17-23(13-6-5-7-14-23)18-8-10-20(29-3)11-9-18/h8-11,19H,4-7,12-17H2,1-3H3,(H2,24,25,26). The molecule has 1 heterocycles. The molecule has 3 rings (SSSR count). The number of rotatable bonds is 6. The second-order valence-electron chi connectivity index (χ2n) is 8.32. The summed E-state index contributed by atoms with van der Waals surface area (Å²) in [4.78, 5) is 18.3. The molecular weight excluding hydrogens is 364 g/mol.